The van der Waals surface area contributed by atoms with Gasteiger partial charge in [-0.2, -0.15) is 0 Å². The van der Waals surface area contributed by atoms with Crippen LogP contribution in [0.2, 0.25) is 0 Å². The number of carbonyl (C=O) groups excluding carboxylic acids is 1. The lowest BCUT2D eigenvalue weighted by Gasteiger charge is -2.28. The Balaban J connectivity index is 1.90. The first-order chi connectivity index (χ1) is 10.0. The van der Waals surface area contributed by atoms with E-state index in [0.29, 0.717) is 18.8 Å². The van der Waals surface area contributed by atoms with Gasteiger partial charge in [0.15, 0.2) is 0 Å². The van der Waals surface area contributed by atoms with Crippen molar-refractivity contribution < 1.29 is 14.7 Å². The zero-order chi connectivity index (χ0) is 15.5. The smallest absolute Gasteiger partial charge is 0.329 e. The monoisotopic (exact) mass is 290 g/mol. The van der Waals surface area contributed by atoms with Crippen LogP contribution in [0.1, 0.15) is 44.6 Å². The molecular formula is C16H22N2O3. The average molecular weight is 290 g/mol. The molecule has 1 aromatic carbocycles. The normalized spacial score (nSPS) is 20.7. The standard InChI is InChI=1S/C16H22N2O3/c1-3-16(4-2,14(19)20)18-15(21)17-13-10-12(13)11-8-6-5-7-9-11/h5-9,12-13H,3-4,10H2,1-2H3,(H,19,20)(H2,17,18,21). The predicted octanol–water partition coefficient (Wildman–Crippen LogP) is 2.49. The highest BCUT2D eigenvalue weighted by atomic mass is 16.4. The molecule has 1 aliphatic rings. The first kappa shape index (κ1) is 15.4. The fraction of sp³-hybridized carbons (Fsp3) is 0.500. The Morgan fingerprint density at radius 2 is 1.86 bits per heavy atom. The summed E-state index contributed by atoms with van der Waals surface area (Å²) in [5, 5.41) is 14.8. The summed E-state index contributed by atoms with van der Waals surface area (Å²) in [4.78, 5) is 23.4. The van der Waals surface area contributed by atoms with Gasteiger partial charge in [0, 0.05) is 12.0 Å². The quantitative estimate of drug-likeness (QED) is 0.753. The number of carbonyl (C=O) groups is 2. The number of rotatable bonds is 6. The lowest BCUT2D eigenvalue weighted by Crippen LogP contribution is -2.56. The van der Waals surface area contributed by atoms with Crippen LogP contribution in [0.4, 0.5) is 4.79 Å². The first-order valence-electron chi connectivity index (χ1n) is 7.39. The summed E-state index contributed by atoms with van der Waals surface area (Å²) >= 11 is 0. The second kappa shape index (κ2) is 6.16. The summed E-state index contributed by atoms with van der Waals surface area (Å²) in [6, 6.07) is 9.71. The molecular weight excluding hydrogens is 268 g/mol. The third-order valence-electron chi connectivity index (χ3n) is 4.30. The Bertz CT molecular complexity index is 512. The predicted molar refractivity (Wildman–Crippen MR) is 80.2 cm³/mol. The molecule has 3 N–H and O–H groups in total. The molecule has 0 bridgehead atoms. The molecule has 0 radical (unpaired) electrons. The van der Waals surface area contributed by atoms with Crippen molar-refractivity contribution in [1.29, 1.82) is 0 Å². The van der Waals surface area contributed by atoms with Crippen LogP contribution < -0.4 is 10.6 Å². The highest BCUT2D eigenvalue weighted by Gasteiger charge is 2.42. The fourth-order valence-electron chi connectivity index (χ4n) is 2.63. The van der Waals surface area contributed by atoms with E-state index in [1.165, 1.54) is 5.56 Å². The van der Waals surface area contributed by atoms with Crippen molar-refractivity contribution in [3.63, 3.8) is 0 Å². The van der Waals surface area contributed by atoms with Gasteiger partial charge in [-0.3, -0.25) is 0 Å². The van der Waals surface area contributed by atoms with Gasteiger partial charge >= 0.3 is 12.0 Å². The van der Waals surface area contributed by atoms with Crippen molar-refractivity contribution in [3.8, 4) is 0 Å². The largest absolute Gasteiger partial charge is 0.480 e. The first-order valence-corrected chi connectivity index (χ1v) is 7.39. The van der Waals surface area contributed by atoms with Crippen LogP contribution >= 0.6 is 0 Å². The minimum Gasteiger partial charge on any atom is -0.480 e. The third kappa shape index (κ3) is 3.35. The highest BCUT2D eigenvalue weighted by Crippen LogP contribution is 2.40. The molecule has 1 aromatic rings. The Morgan fingerprint density at radius 3 is 2.38 bits per heavy atom. The molecule has 2 unspecified atom stereocenters. The van der Waals surface area contributed by atoms with Gasteiger partial charge in [-0.15, -0.1) is 0 Å². The Morgan fingerprint density at radius 1 is 1.24 bits per heavy atom. The maximum atomic E-state index is 12.0. The molecule has 5 heteroatoms. The molecule has 0 heterocycles. The van der Waals surface area contributed by atoms with Crippen molar-refractivity contribution in [2.75, 3.05) is 0 Å². The molecule has 21 heavy (non-hydrogen) atoms. The topological polar surface area (TPSA) is 78.4 Å². The van der Waals surface area contributed by atoms with Crippen LogP contribution in [0, 0.1) is 0 Å². The summed E-state index contributed by atoms with van der Waals surface area (Å²) in [7, 11) is 0. The summed E-state index contributed by atoms with van der Waals surface area (Å²) in [5.74, 6) is -0.655. The molecule has 5 nitrogen and oxygen atoms in total. The Labute approximate surface area is 124 Å². The summed E-state index contributed by atoms with van der Waals surface area (Å²) in [6.07, 6.45) is 1.62. The maximum absolute atomic E-state index is 12.0. The molecule has 2 amide bonds. The number of carboxylic acid groups (broad SMARTS) is 1. The second-order valence-electron chi connectivity index (χ2n) is 5.55. The van der Waals surface area contributed by atoms with Crippen LogP contribution in [-0.2, 0) is 4.79 Å². The van der Waals surface area contributed by atoms with E-state index in [9.17, 15) is 14.7 Å². The summed E-state index contributed by atoms with van der Waals surface area (Å²) in [6.45, 7) is 3.53. The molecule has 2 atom stereocenters. The minimum absolute atomic E-state index is 0.0904. The number of urea groups is 1. The lowest BCUT2D eigenvalue weighted by atomic mass is 9.93. The van der Waals surface area contributed by atoms with Crippen molar-refractivity contribution >= 4 is 12.0 Å². The van der Waals surface area contributed by atoms with Crippen LogP contribution in [0.25, 0.3) is 0 Å². The van der Waals surface area contributed by atoms with Gasteiger partial charge in [0.1, 0.15) is 5.54 Å². The number of carboxylic acids is 1. The average Bonchev–Trinajstić information content (AvgIpc) is 3.24. The highest BCUT2D eigenvalue weighted by molar-refractivity contribution is 5.86. The van der Waals surface area contributed by atoms with E-state index >= 15 is 0 Å². The van der Waals surface area contributed by atoms with E-state index in [0.717, 1.165) is 6.42 Å². The molecule has 1 saturated carbocycles. The number of hydrogen-bond donors (Lipinski definition) is 3. The molecule has 0 aromatic heterocycles. The van der Waals surface area contributed by atoms with Crippen molar-refractivity contribution in [2.45, 2.75) is 50.6 Å². The van der Waals surface area contributed by atoms with Crippen LogP contribution in [0.15, 0.2) is 30.3 Å². The van der Waals surface area contributed by atoms with Gasteiger partial charge in [0.25, 0.3) is 0 Å². The van der Waals surface area contributed by atoms with Crippen LogP contribution in [0.3, 0.4) is 0 Å². The van der Waals surface area contributed by atoms with E-state index in [4.69, 9.17) is 0 Å². The van der Waals surface area contributed by atoms with E-state index < -0.39 is 17.5 Å². The van der Waals surface area contributed by atoms with Crippen molar-refractivity contribution in [2.24, 2.45) is 0 Å². The van der Waals surface area contributed by atoms with Gasteiger partial charge in [-0.25, -0.2) is 9.59 Å². The van der Waals surface area contributed by atoms with Gasteiger partial charge < -0.3 is 15.7 Å². The van der Waals surface area contributed by atoms with Gasteiger partial charge in [0.05, 0.1) is 0 Å². The maximum Gasteiger partial charge on any atom is 0.329 e. The third-order valence-corrected chi connectivity index (χ3v) is 4.30. The molecule has 2 rings (SSSR count). The zero-order valence-corrected chi connectivity index (χ0v) is 12.4. The molecule has 1 fully saturated rings. The number of amides is 2. The van der Waals surface area contributed by atoms with Gasteiger partial charge in [-0.05, 0) is 24.8 Å². The number of hydrogen-bond acceptors (Lipinski definition) is 2. The SMILES string of the molecule is CCC(CC)(NC(=O)NC1CC1c1ccccc1)C(=O)O. The number of nitrogens with one attached hydrogen (secondary N) is 2. The zero-order valence-electron chi connectivity index (χ0n) is 12.4. The van der Waals surface area contributed by atoms with Crippen molar-refractivity contribution in [1.82, 2.24) is 10.6 Å². The summed E-state index contributed by atoms with van der Waals surface area (Å²) < 4.78 is 0. The van der Waals surface area contributed by atoms with E-state index in [-0.39, 0.29) is 6.04 Å². The Hall–Kier alpha value is -2.04. The van der Waals surface area contributed by atoms with Crippen LogP contribution in [0.5, 0.6) is 0 Å². The molecule has 0 saturated heterocycles. The van der Waals surface area contributed by atoms with Crippen molar-refractivity contribution in [3.05, 3.63) is 35.9 Å². The molecule has 1 aliphatic carbocycles. The lowest BCUT2D eigenvalue weighted by molar-refractivity contribution is -0.144. The van der Waals surface area contributed by atoms with E-state index in [1.54, 1.807) is 13.8 Å². The fourth-order valence-corrected chi connectivity index (χ4v) is 2.63. The number of aliphatic carboxylic acids is 1. The second-order valence-corrected chi connectivity index (χ2v) is 5.55. The van der Waals surface area contributed by atoms with E-state index in [2.05, 4.69) is 10.6 Å². The van der Waals surface area contributed by atoms with E-state index in [1.807, 2.05) is 30.3 Å². The van der Waals surface area contributed by atoms with Gasteiger partial charge in [-0.1, -0.05) is 44.2 Å². The molecule has 0 aliphatic heterocycles. The minimum atomic E-state index is -1.18. The molecule has 114 valence electrons. The Kier molecular flexibility index (Phi) is 4.50. The van der Waals surface area contributed by atoms with Crippen LogP contribution in [-0.4, -0.2) is 28.7 Å². The van der Waals surface area contributed by atoms with Gasteiger partial charge in [0.2, 0.25) is 0 Å². The molecule has 0 spiro atoms. The summed E-state index contributed by atoms with van der Waals surface area (Å²) in [5.41, 5.74) is 0.0274. The number of benzene rings is 1.